The maximum Gasteiger partial charge on any atom is 0.137 e. The van der Waals surface area contributed by atoms with Gasteiger partial charge in [-0.3, -0.25) is 0 Å². The molecule has 0 bridgehead atoms. The smallest absolute Gasteiger partial charge is 0.137 e. The lowest BCUT2D eigenvalue weighted by atomic mass is 9.68. The van der Waals surface area contributed by atoms with Crippen LogP contribution < -0.4 is 4.90 Å². The van der Waals surface area contributed by atoms with E-state index < -0.39 is 5.41 Å². The molecule has 2 aliphatic rings. The van der Waals surface area contributed by atoms with Crippen LogP contribution in [0.1, 0.15) is 47.2 Å². The van der Waals surface area contributed by atoms with E-state index in [1.54, 1.807) is 0 Å². The van der Waals surface area contributed by atoms with Gasteiger partial charge in [0.1, 0.15) is 11.2 Å². The number of benzene rings is 10. The van der Waals surface area contributed by atoms with Gasteiger partial charge in [-0.2, -0.15) is 0 Å². The Morgan fingerprint density at radius 3 is 1.59 bits per heavy atom. The second-order valence-electron chi connectivity index (χ2n) is 18.4. The molecule has 0 N–H and O–H groups in total. The zero-order valence-corrected chi connectivity index (χ0v) is 36.9. The third-order valence-corrected chi connectivity index (χ3v) is 14.6. The van der Waals surface area contributed by atoms with Crippen LogP contribution in [0.4, 0.5) is 17.1 Å². The van der Waals surface area contributed by atoms with Crippen LogP contribution >= 0.6 is 0 Å². The van der Waals surface area contributed by atoms with Crippen LogP contribution in [0.3, 0.4) is 0 Å². The molecule has 0 saturated heterocycles. The van der Waals surface area contributed by atoms with Gasteiger partial charge in [0, 0.05) is 22.2 Å². The molecular weight excluding hydrogens is 799 g/mol. The van der Waals surface area contributed by atoms with Gasteiger partial charge < -0.3 is 9.32 Å². The zero-order chi connectivity index (χ0) is 44.0. The summed E-state index contributed by atoms with van der Waals surface area (Å²) < 4.78 is 6.76. The van der Waals surface area contributed by atoms with Crippen LogP contribution in [0.5, 0.6) is 0 Å². The topological polar surface area (TPSA) is 16.4 Å². The quantitative estimate of drug-likeness (QED) is 0.159. The summed E-state index contributed by atoms with van der Waals surface area (Å²) >= 11 is 0. The standard InChI is InChI=1S/C64H45NO/c1-63(2)55-38-30-44(42-17-6-3-7-18-42)39-54(55)52-37-35-49(41-58(52)63)65(59-27-16-28-60-62(59)53-36-29-45(40-61(53)66-60)43-19-8-4-9-20-43)48-33-31-47(32-34-48)64(46-21-10-5-11-22-46)56-25-14-12-23-50(56)51-24-13-15-26-57(51)64/h3-41H,1-2H3. The van der Waals surface area contributed by atoms with Gasteiger partial charge in [0.15, 0.2) is 0 Å². The molecule has 66 heavy (non-hydrogen) atoms. The van der Waals surface area contributed by atoms with Gasteiger partial charge in [-0.05, 0) is 132 Å². The molecule has 0 amide bonds. The van der Waals surface area contributed by atoms with Gasteiger partial charge in [0.05, 0.1) is 16.5 Å². The van der Waals surface area contributed by atoms with E-state index in [0.717, 1.165) is 44.6 Å². The summed E-state index contributed by atoms with van der Waals surface area (Å²) in [5.74, 6) is 0. The number of fused-ring (bicyclic) bond motifs is 9. The predicted molar refractivity (Wildman–Crippen MR) is 274 cm³/mol. The van der Waals surface area contributed by atoms with E-state index in [1.165, 1.54) is 72.3 Å². The van der Waals surface area contributed by atoms with Crippen LogP contribution in [-0.4, -0.2) is 0 Å². The SMILES string of the molecule is CC1(C)c2ccc(-c3ccccc3)cc2-c2ccc(N(c3ccc(C4(c5ccccc5)c5ccccc5-c5ccccc54)cc3)c3cccc4oc5cc(-c6ccccc6)ccc5c34)cc21. The Morgan fingerprint density at radius 1 is 0.348 bits per heavy atom. The highest BCUT2D eigenvalue weighted by atomic mass is 16.3. The number of nitrogens with zero attached hydrogens (tertiary/aromatic N) is 1. The molecule has 2 nitrogen and oxygen atoms in total. The highest BCUT2D eigenvalue weighted by molar-refractivity contribution is 6.14. The van der Waals surface area contributed by atoms with Gasteiger partial charge in [-0.15, -0.1) is 0 Å². The maximum absolute atomic E-state index is 6.76. The molecule has 0 saturated carbocycles. The van der Waals surface area contributed by atoms with Crippen LogP contribution in [0.15, 0.2) is 241 Å². The fraction of sp³-hybridized carbons (Fsp3) is 0.0625. The second-order valence-corrected chi connectivity index (χ2v) is 18.4. The lowest BCUT2D eigenvalue weighted by Gasteiger charge is -2.34. The minimum Gasteiger partial charge on any atom is -0.456 e. The Bertz CT molecular complexity index is 3610. The molecular formula is C64H45NO. The van der Waals surface area contributed by atoms with Crippen LogP contribution in [0.25, 0.3) is 66.4 Å². The minimum absolute atomic E-state index is 0.209. The first-order chi connectivity index (χ1) is 32.5. The highest BCUT2D eigenvalue weighted by Crippen LogP contribution is 2.57. The zero-order valence-electron chi connectivity index (χ0n) is 36.9. The molecule has 2 heteroatoms. The van der Waals surface area contributed by atoms with Crippen LogP contribution in [0, 0.1) is 0 Å². The molecule has 0 spiro atoms. The normalized spacial score (nSPS) is 13.8. The average molecular weight is 844 g/mol. The van der Waals surface area contributed by atoms with Crippen molar-refractivity contribution in [3.63, 3.8) is 0 Å². The van der Waals surface area contributed by atoms with Crippen molar-refractivity contribution in [3.05, 3.63) is 270 Å². The lowest BCUT2D eigenvalue weighted by molar-refractivity contribution is 0.660. The van der Waals surface area contributed by atoms with Gasteiger partial charge in [-0.25, -0.2) is 0 Å². The van der Waals surface area contributed by atoms with Crippen LogP contribution in [-0.2, 0) is 10.8 Å². The number of hydrogen-bond acceptors (Lipinski definition) is 2. The first-order valence-corrected chi connectivity index (χ1v) is 23.0. The summed E-state index contributed by atoms with van der Waals surface area (Å²) in [6.45, 7) is 4.75. The van der Waals surface area contributed by atoms with E-state index in [0.29, 0.717) is 0 Å². The Balaban J connectivity index is 1.02. The predicted octanol–water partition coefficient (Wildman–Crippen LogP) is 17.1. The van der Waals surface area contributed by atoms with Crippen molar-refractivity contribution in [2.45, 2.75) is 24.7 Å². The number of anilines is 3. The van der Waals surface area contributed by atoms with E-state index in [-0.39, 0.29) is 5.41 Å². The summed E-state index contributed by atoms with van der Waals surface area (Å²) in [5.41, 5.74) is 22.0. The Morgan fingerprint density at radius 2 is 0.909 bits per heavy atom. The van der Waals surface area contributed by atoms with E-state index in [9.17, 15) is 0 Å². The van der Waals surface area contributed by atoms with E-state index in [1.807, 2.05) is 0 Å². The average Bonchev–Trinajstić information content (AvgIpc) is 3.98. The van der Waals surface area contributed by atoms with E-state index >= 15 is 0 Å². The van der Waals surface area contributed by atoms with Crippen molar-refractivity contribution < 1.29 is 4.42 Å². The fourth-order valence-electron chi connectivity index (χ4n) is 11.5. The molecule has 0 fully saturated rings. The van der Waals surface area contributed by atoms with Crippen molar-refractivity contribution in [2.75, 3.05) is 4.90 Å². The van der Waals surface area contributed by atoms with Crippen molar-refractivity contribution in [1.82, 2.24) is 0 Å². The Labute approximate surface area is 385 Å². The van der Waals surface area contributed by atoms with Gasteiger partial charge in [0.2, 0.25) is 0 Å². The Kier molecular flexibility index (Phi) is 8.51. The third-order valence-electron chi connectivity index (χ3n) is 14.6. The second kappa shape index (κ2) is 14.7. The summed E-state index contributed by atoms with van der Waals surface area (Å²) in [6.07, 6.45) is 0. The lowest BCUT2D eigenvalue weighted by Crippen LogP contribution is -2.28. The van der Waals surface area contributed by atoms with Gasteiger partial charge >= 0.3 is 0 Å². The highest BCUT2D eigenvalue weighted by Gasteiger charge is 2.46. The molecule has 0 aliphatic heterocycles. The fourth-order valence-corrected chi connectivity index (χ4v) is 11.5. The Hall–Kier alpha value is -8.20. The minimum atomic E-state index is -0.489. The molecule has 11 aromatic rings. The van der Waals surface area contributed by atoms with Crippen molar-refractivity contribution in [3.8, 4) is 44.5 Å². The first kappa shape index (κ1) is 38.3. The van der Waals surface area contributed by atoms with Gasteiger partial charge in [-0.1, -0.05) is 196 Å². The summed E-state index contributed by atoms with van der Waals surface area (Å²) in [5, 5.41) is 2.18. The van der Waals surface area contributed by atoms with E-state index in [2.05, 4.69) is 255 Å². The molecule has 0 atom stereocenters. The molecule has 312 valence electrons. The molecule has 0 unspecified atom stereocenters. The molecule has 10 aromatic carbocycles. The largest absolute Gasteiger partial charge is 0.456 e. The molecule has 2 aliphatic carbocycles. The van der Waals surface area contributed by atoms with Gasteiger partial charge in [0.25, 0.3) is 0 Å². The molecule has 13 rings (SSSR count). The summed E-state index contributed by atoms with van der Waals surface area (Å²) in [7, 11) is 0. The van der Waals surface area contributed by atoms with Crippen molar-refractivity contribution >= 4 is 39.0 Å². The summed E-state index contributed by atoms with van der Waals surface area (Å²) in [4.78, 5) is 2.45. The van der Waals surface area contributed by atoms with Crippen molar-refractivity contribution in [1.29, 1.82) is 0 Å². The van der Waals surface area contributed by atoms with Crippen LogP contribution in [0.2, 0.25) is 0 Å². The molecule has 1 heterocycles. The third kappa shape index (κ3) is 5.61. The van der Waals surface area contributed by atoms with Crippen molar-refractivity contribution in [2.24, 2.45) is 0 Å². The molecule has 1 aromatic heterocycles. The molecule has 0 radical (unpaired) electrons. The number of hydrogen-bond donors (Lipinski definition) is 0. The number of furan rings is 1. The summed E-state index contributed by atoms with van der Waals surface area (Å²) in [6, 6.07) is 86.9. The monoisotopic (exact) mass is 843 g/mol. The van der Waals surface area contributed by atoms with E-state index in [4.69, 9.17) is 4.42 Å². The number of rotatable bonds is 7. The maximum atomic E-state index is 6.76. The first-order valence-electron chi connectivity index (χ1n) is 23.0.